The summed E-state index contributed by atoms with van der Waals surface area (Å²) in [6.07, 6.45) is 3.50. The zero-order valence-electron chi connectivity index (χ0n) is 16.3. The van der Waals surface area contributed by atoms with E-state index in [1.165, 1.54) is 0 Å². The van der Waals surface area contributed by atoms with Gasteiger partial charge in [0.05, 0.1) is 4.90 Å². The van der Waals surface area contributed by atoms with Gasteiger partial charge >= 0.3 is 0 Å². The van der Waals surface area contributed by atoms with Crippen molar-refractivity contribution in [3.63, 3.8) is 0 Å². The van der Waals surface area contributed by atoms with Gasteiger partial charge in [0.2, 0.25) is 5.91 Å². The van der Waals surface area contributed by atoms with E-state index < -0.39 is 15.1 Å². The molecule has 0 spiro atoms. The Morgan fingerprint density at radius 2 is 1.70 bits per heavy atom. The Balaban J connectivity index is 2.32. The molecule has 2 aromatic rings. The molecule has 1 heterocycles. The topological polar surface area (TPSA) is 76.1 Å². The maximum atomic E-state index is 13.3. The quantitative estimate of drug-likeness (QED) is 0.744. The highest BCUT2D eigenvalue weighted by molar-refractivity contribution is 7.91. The van der Waals surface area contributed by atoms with Crippen molar-refractivity contribution >= 4 is 15.7 Å². The lowest BCUT2D eigenvalue weighted by molar-refractivity contribution is -0.121. The lowest BCUT2D eigenvalue weighted by Crippen LogP contribution is -2.32. The highest BCUT2D eigenvalue weighted by Gasteiger charge is 2.30. The molecule has 1 atom stereocenters. The summed E-state index contributed by atoms with van der Waals surface area (Å²) in [5, 5.41) is 1.89. The van der Waals surface area contributed by atoms with Crippen LogP contribution < -0.4 is 5.32 Å². The van der Waals surface area contributed by atoms with Crippen LogP contribution in [0.25, 0.3) is 0 Å². The molecule has 0 fully saturated rings. The summed E-state index contributed by atoms with van der Waals surface area (Å²) in [6, 6.07) is 10.4. The fraction of sp³-hybridized carbons (Fsp3) is 0.429. The molecule has 0 saturated heterocycles. The van der Waals surface area contributed by atoms with E-state index in [-0.39, 0.29) is 23.3 Å². The van der Waals surface area contributed by atoms with Crippen LogP contribution >= 0.6 is 0 Å². The molecule has 0 aliphatic heterocycles. The van der Waals surface area contributed by atoms with E-state index in [4.69, 9.17) is 0 Å². The van der Waals surface area contributed by atoms with Crippen LogP contribution in [-0.2, 0) is 14.6 Å². The van der Waals surface area contributed by atoms with Crippen LogP contribution in [0.1, 0.15) is 56.4 Å². The molecule has 27 heavy (non-hydrogen) atoms. The molecular weight excluding hydrogens is 360 g/mol. The largest absolute Gasteiger partial charge is 0.354 e. The molecule has 0 aliphatic rings. The third-order valence-corrected chi connectivity index (χ3v) is 6.50. The van der Waals surface area contributed by atoms with Crippen molar-refractivity contribution < 1.29 is 13.2 Å². The Morgan fingerprint density at radius 1 is 1.04 bits per heavy atom. The molecule has 1 unspecified atom stereocenters. The molecule has 1 aromatic carbocycles. The van der Waals surface area contributed by atoms with E-state index in [1.807, 2.05) is 26.0 Å². The maximum absolute atomic E-state index is 13.3. The number of rotatable bonds is 8. The smallest absolute Gasteiger partial charge is 0.220 e. The number of hydrogen-bond donors (Lipinski definition) is 1. The number of carbonyl (C=O) groups excluding carboxylic acids is 1. The SMILES string of the molecule is CC(C)CC(=O)NCC(c1cccnc1)S(=O)(=O)c1ccc(C(C)C)cc1. The lowest BCUT2D eigenvalue weighted by atomic mass is 10.0. The van der Waals surface area contributed by atoms with Gasteiger partial charge < -0.3 is 5.32 Å². The first kappa shape index (κ1) is 21.1. The summed E-state index contributed by atoms with van der Waals surface area (Å²) in [4.78, 5) is 16.3. The van der Waals surface area contributed by atoms with Crippen molar-refractivity contribution in [2.75, 3.05) is 6.54 Å². The number of carbonyl (C=O) groups is 1. The number of hydrogen-bond acceptors (Lipinski definition) is 4. The van der Waals surface area contributed by atoms with Gasteiger partial charge in [-0.05, 0) is 41.2 Å². The number of pyridine rings is 1. The minimum atomic E-state index is -3.68. The molecule has 0 radical (unpaired) electrons. The standard InChI is InChI=1S/C21H28N2O3S/c1-15(2)12-21(24)23-14-20(18-6-5-11-22-13-18)27(25,26)19-9-7-17(8-10-19)16(3)4/h5-11,13,15-16,20H,12,14H2,1-4H3,(H,23,24). The first-order valence-corrected chi connectivity index (χ1v) is 10.8. The van der Waals surface area contributed by atoms with E-state index in [0.717, 1.165) is 5.56 Å². The number of benzene rings is 1. The number of nitrogens with one attached hydrogen (secondary N) is 1. The van der Waals surface area contributed by atoms with Crippen LogP contribution in [0.3, 0.4) is 0 Å². The van der Waals surface area contributed by atoms with Gasteiger partial charge in [-0.3, -0.25) is 9.78 Å². The van der Waals surface area contributed by atoms with Gasteiger partial charge in [0.15, 0.2) is 9.84 Å². The zero-order chi connectivity index (χ0) is 20.0. The molecule has 0 aliphatic carbocycles. The second-order valence-electron chi connectivity index (χ2n) is 7.45. The van der Waals surface area contributed by atoms with Gasteiger partial charge in [-0.2, -0.15) is 0 Å². The highest BCUT2D eigenvalue weighted by Crippen LogP contribution is 2.29. The predicted molar refractivity (Wildman–Crippen MR) is 107 cm³/mol. The second-order valence-corrected chi connectivity index (χ2v) is 9.58. The summed E-state index contributed by atoms with van der Waals surface area (Å²) in [5.74, 6) is 0.387. The summed E-state index contributed by atoms with van der Waals surface area (Å²) < 4.78 is 26.5. The third-order valence-electron chi connectivity index (χ3n) is 4.38. The maximum Gasteiger partial charge on any atom is 0.220 e. The van der Waals surface area contributed by atoms with Gasteiger partial charge in [0, 0.05) is 25.4 Å². The average Bonchev–Trinajstić information content (AvgIpc) is 2.62. The molecule has 5 nitrogen and oxygen atoms in total. The van der Waals surface area contributed by atoms with Crippen molar-refractivity contribution in [3.05, 3.63) is 59.9 Å². The average molecular weight is 389 g/mol. The molecule has 6 heteroatoms. The van der Waals surface area contributed by atoms with Crippen molar-refractivity contribution in [1.29, 1.82) is 0 Å². The van der Waals surface area contributed by atoms with Gasteiger partial charge in [-0.25, -0.2) is 8.42 Å². The van der Waals surface area contributed by atoms with Crippen molar-refractivity contribution in [2.24, 2.45) is 5.92 Å². The van der Waals surface area contributed by atoms with Gasteiger partial charge in [-0.1, -0.05) is 45.9 Å². The minimum Gasteiger partial charge on any atom is -0.354 e. The second kappa shape index (κ2) is 9.13. The molecule has 2 rings (SSSR count). The van der Waals surface area contributed by atoms with Gasteiger partial charge in [-0.15, -0.1) is 0 Å². The molecule has 0 saturated carbocycles. The third kappa shape index (κ3) is 5.63. The zero-order valence-corrected chi connectivity index (χ0v) is 17.2. The number of sulfone groups is 1. The molecule has 0 bridgehead atoms. The number of amides is 1. The van der Waals surface area contributed by atoms with E-state index in [0.29, 0.717) is 17.9 Å². The Kier molecular flexibility index (Phi) is 7.13. The van der Waals surface area contributed by atoms with E-state index in [9.17, 15) is 13.2 Å². The molecule has 146 valence electrons. The molecule has 1 aromatic heterocycles. The fourth-order valence-corrected chi connectivity index (χ4v) is 4.47. The van der Waals surface area contributed by atoms with Crippen molar-refractivity contribution in [1.82, 2.24) is 10.3 Å². The Hall–Kier alpha value is -2.21. The van der Waals surface area contributed by atoms with Crippen LogP contribution in [0, 0.1) is 5.92 Å². The lowest BCUT2D eigenvalue weighted by Gasteiger charge is -2.19. The summed E-state index contributed by atoms with van der Waals surface area (Å²) in [6.45, 7) is 8.04. The summed E-state index contributed by atoms with van der Waals surface area (Å²) in [5.41, 5.74) is 1.65. The van der Waals surface area contributed by atoms with Gasteiger partial charge in [0.1, 0.15) is 5.25 Å². The van der Waals surface area contributed by atoms with Crippen LogP contribution in [0.2, 0.25) is 0 Å². The highest BCUT2D eigenvalue weighted by atomic mass is 32.2. The Bertz CT molecular complexity index is 845. The Labute approximate surface area is 162 Å². The van der Waals surface area contributed by atoms with E-state index in [1.54, 1.807) is 36.7 Å². The monoisotopic (exact) mass is 388 g/mol. The van der Waals surface area contributed by atoms with Crippen LogP contribution in [0.15, 0.2) is 53.7 Å². The molecule has 1 N–H and O–H groups in total. The van der Waals surface area contributed by atoms with E-state index >= 15 is 0 Å². The summed E-state index contributed by atoms with van der Waals surface area (Å²) in [7, 11) is -3.68. The van der Waals surface area contributed by atoms with Crippen LogP contribution in [0.5, 0.6) is 0 Å². The predicted octanol–water partition coefficient (Wildman–Crippen LogP) is 3.88. The first-order chi connectivity index (χ1) is 12.7. The van der Waals surface area contributed by atoms with Crippen molar-refractivity contribution in [2.45, 2.75) is 50.2 Å². The van der Waals surface area contributed by atoms with Crippen LogP contribution in [0.4, 0.5) is 0 Å². The molecular formula is C21H28N2O3S. The van der Waals surface area contributed by atoms with Gasteiger partial charge in [0.25, 0.3) is 0 Å². The summed E-state index contributed by atoms with van der Waals surface area (Å²) >= 11 is 0. The first-order valence-electron chi connectivity index (χ1n) is 9.22. The van der Waals surface area contributed by atoms with Crippen molar-refractivity contribution in [3.8, 4) is 0 Å². The van der Waals surface area contributed by atoms with Crippen LogP contribution in [-0.4, -0.2) is 25.9 Å². The minimum absolute atomic E-state index is 0.0194. The fourth-order valence-electron chi connectivity index (χ4n) is 2.83. The molecule has 1 amide bonds. The van der Waals surface area contributed by atoms with E-state index in [2.05, 4.69) is 24.1 Å². The number of nitrogens with zero attached hydrogens (tertiary/aromatic N) is 1. The number of aromatic nitrogens is 1. The Morgan fingerprint density at radius 3 is 2.22 bits per heavy atom. The normalized spacial score (nSPS) is 13.0.